The van der Waals surface area contributed by atoms with Crippen LogP contribution < -0.4 is 0 Å². The van der Waals surface area contributed by atoms with Crippen LogP contribution in [0.3, 0.4) is 0 Å². The Kier molecular flexibility index (Phi) is 7.92. The summed E-state index contributed by atoms with van der Waals surface area (Å²) in [7, 11) is 1.33. The summed E-state index contributed by atoms with van der Waals surface area (Å²) in [6.45, 7) is -0.624. The van der Waals surface area contributed by atoms with Crippen LogP contribution in [0.1, 0.15) is 23.4 Å². The largest absolute Gasteiger partial charge is 0.418 e. The highest BCUT2D eigenvalue weighted by Crippen LogP contribution is 2.43. The van der Waals surface area contributed by atoms with Crippen LogP contribution >= 0.6 is 46.1 Å². The van der Waals surface area contributed by atoms with Gasteiger partial charge in [-0.1, -0.05) is 40.0 Å². The van der Waals surface area contributed by atoms with Gasteiger partial charge in [-0.25, -0.2) is 14.3 Å². The summed E-state index contributed by atoms with van der Waals surface area (Å²) in [5.74, 6) is 0. The van der Waals surface area contributed by atoms with E-state index < -0.39 is 54.5 Å². The second-order valence-corrected chi connectivity index (χ2v) is 10.6. The number of methoxy groups -OCH3 is 1. The third-order valence-electron chi connectivity index (χ3n) is 6.14. The average Bonchev–Trinajstić information content (AvgIpc) is 3.62. The summed E-state index contributed by atoms with van der Waals surface area (Å²) in [6.07, 6.45) is -8.01. The maximum Gasteiger partial charge on any atom is 0.418 e. The van der Waals surface area contributed by atoms with E-state index in [0.717, 1.165) is 22.9 Å². The van der Waals surface area contributed by atoms with E-state index in [2.05, 4.69) is 20.4 Å². The van der Waals surface area contributed by atoms with Crippen molar-refractivity contribution in [3.05, 3.63) is 62.4 Å². The number of hydrogen-bond donors (Lipinski definition) is 2. The van der Waals surface area contributed by atoms with Gasteiger partial charge >= 0.3 is 6.18 Å². The number of aromatic nitrogens is 6. The number of benzene rings is 1. The van der Waals surface area contributed by atoms with Gasteiger partial charge in [0, 0.05) is 23.6 Å². The SMILES string of the molecule is CO[C@@H]1[C@@H](n2cc(-c3nc(Cl)cs3)nn2)[C@@H](O)[C@@H](CO)O[C@H]1c1cc(Cl)nn1-c1cc(Cl)ccc1C(F)(F)F. The summed E-state index contributed by atoms with van der Waals surface area (Å²) in [5.41, 5.74) is -1.00. The number of alkyl halides is 3. The number of ether oxygens (including phenoxy) is 2. The summed E-state index contributed by atoms with van der Waals surface area (Å²) in [4.78, 5) is 4.16. The molecule has 1 saturated heterocycles. The zero-order valence-corrected chi connectivity index (χ0v) is 22.7. The Morgan fingerprint density at radius 3 is 2.59 bits per heavy atom. The number of aliphatic hydroxyl groups excluding tert-OH is 2. The van der Waals surface area contributed by atoms with E-state index in [1.807, 2.05) is 0 Å². The minimum atomic E-state index is -4.74. The summed E-state index contributed by atoms with van der Waals surface area (Å²) < 4.78 is 55.7. The van der Waals surface area contributed by atoms with Crippen LogP contribution in [0.4, 0.5) is 13.2 Å². The lowest BCUT2D eigenvalue weighted by atomic mass is 9.90. The van der Waals surface area contributed by atoms with Gasteiger partial charge in [0.15, 0.2) is 5.15 Å². The molecule has 208 valence electrons. The third-order valence-corrected chi connectivity index (χ3v) is 7.75. The third kappa shape index (κ3) is 5.39. The number of aliphatic hydroxyl groups is 2. The number of thiazole rings is 1. The normalized spacial score (nSPS) is 23.9. The molecule has 0 spiro atoms. The molecule has 10 nitrogen and oxygen atoms in total. The molecular weight excluding hydrogens is 608 g/mol. The molecule has 39 heavy (non-hydrogen) atoms. The standard InChI is InChI=1S/C22H18Cl3F3N6O4S/c1-37-20-17(33-6-11(30-32-33)21-29-16(25)8-39-21)18(36)14(7-35)38-19(20)13-5-15(24)31-34(13)12-4-9(23)2-3-10(12)22(26,27)28/h2-6,8,14,17-20,35-36H,7H2,1H3/t14-,17+,18+,19+,20-/m1/s1. The minimum Gasteiger partial charge on any atom is -0.394 e. The predicted octanol–water partition coefficient (Wildman–Crippen LogP) is 4.62. The molecular formula is C22H18Cl3F3N6O4S. The lowest BCUT2D eigenvalue weighted by Crippen LogP contribution is -2.53. The lowest BCUT2D eigenvalue weighted by Gasteiger charge is -2.43. The molecule has 2 N–H and O–H groups in total. The molecule has 5 atom stereocenters. The summed E-state index contributed by atoms with van der Waals surface area (Å²) in [6, 6.07) is 3.34. The van der Waals surface area contributed by atoms with Gasteiger partial charge in [-0.2, -0.15) is 18.3 Å². The van der Waals surface area contributed by atoms with Crippen LogP contribution in [0, 0.1) is 0 Å². The number of nitrogens with zero attached hydrogens (tertiary/aromatic N) is 6. The van der Waals surface area contributed by atoms with E-state index >= 15 is 0 Å². The van der Waals surface area contributed by atoms with Crippen molar-refractivity contribution < 1.29 is 32.9 Å². The number of hydrogen-bond acceptors (Lipinski definition) is 9. The minimum absolute atomic E-state index is 0.0300. The highest BCUT2D eigenvalue weighted by atomic mass is 35.5. The van der Waals surface area contributed by atoms with Crippen molar-refractivity contribution in [2.24, 2.45) is 0 Å². The fourth-order valence-corrected chi connectivity index (χ4v) is 5.72. The molecule has 17 heteroatoms. The summed E-state index contributed by atoms with van der Waals surface area (Å²) in [5, 5.41) is 35.6. The maximum atomic E-state index is 13.9. The van der Waals surface area contributed by atoms with Gasteiger partial charge in [0.05, 0.1) is 29.7 Å². The molecule has 1 aromatic carbocycles. The molecule has 0 unspecified atom stereocenters. The van der Waals surface area contributed by atoms with Crippen molar-refractivity contribution in [2.45, 2.75) is 36.6 Å². The van der Waals surface area contributed by atoms with Crippen LogP contribution in [-0.2, 0) is 15.7 Å². The second kappa shape index (κ2) is 10.9. The van der Waals surface area contributed by atoms with Crippen molar-refractivity contribution in [1.82, 2.24) is 29.8 Å². The second-order valence-electron chi connectivity index (χ2n) is 8.48. The van der Waals surface area contributed by atoms with E-state index in [-0.39, 0.29) is 21.0 Å². The highest BCUT2D eigenvalue weighted by molar-refractivity contribution is 7.13. The first kappa shape index (κ1) is 28.2. The quantitative estimate of drug-likeness (QED) is 0.319. The van der Waals surface area contributed by atoms with Crippen LogP contribution in [0.15, 0.2) is 35.8 Å². The molecule has 1 aliphatic heterocycles. The van der Waals surface area contributed by atoms with Crippen molar-refractivity contribution in [1.29, 1.82) is 0 Å². The lowest BCUT2D eigenvalue weighted by molar-refractivity contribution is -0.216. The first-order valence-corrected chi connectivity index (χ1v) is 13.2. The van der Waals surface area contributed by atoms with Gasteiger partial charge in [-0.3, -0.25) is 0 Å². The van der Waals surface area contributed by atoms with Crippen molar-refractivity contribution >= 4 is 46.1 Å². The molecule has 0 aliphatic carbocycles. The van der Waals surface area contributed by atoms with E-state index in [9.17, 15) is 23.4 Å². The van der Waals surface area contributed by atoms with E-state index in [1.54, 1.807) is 5.38 Å². The Labute approximate surface area is 237 Å². The molecule has 0 amide bonds. The van der Waals surface area contributed by atoms with Gasteiger partial charge in [0.25, 0.3) is 0 Å². The molecule has 4 aromatic rings. The molecule has 3 aromatic heterocycles. The molecule has 1 fully saturated rings. The fourth-order valence-electron chi connectivity index (χ4n) is 4.47. The molecule has 0 bridgehead atoms. The number of rotatable bonds is 6. The molecule has 0 saturated carbocycles. The first-order valence-electron chi connectivity index (χ1n) is 11.1. The van der Waals surface area contributed by atoms with E-state index in [1.165, 1.54) is 35.4 Å². The van der Waals surface area contributed by atoms with Gasteiger partial charge in [-0.05, 0) is 18.2 Å². The van der Waals surface area contributed by atoms with Crippen molar-refractivity contribution in [2.75, 3.05) is 13.7 Å². The Balaban J connectivity index is 1.61. The Morgan fingerprint density at radius 1 is 1.18 bits per heavy atom. The Morgan fingerprint density at radius 2 is 1.95 bits per heavy atom. The monoisotopic (exact) mass is 624 g/mol. The topological polar surface area (TPSA) is 120 Å². The Bertz CT molecular complexity index is 1480. The molecule has 1 aliphatic rings. The highest BCUT2D eigenvalue weighted by Gasteiger charge is 2.49. The maximum absolute atomic E-state index is 13.9. The van der Waals surface area contributed by atoms with Crippen molar-refractivity contribution in [3.63, 3.8) is 0 Å². The summed E-state index contributed by atoms with van der Waals surface area (Å²) >= 11 is 19.4. The van der Waals surface area contributed by atoms with Crippen LogP contribution in [0.25, 0.3) is 16.4 Å². The van der Waals surface area contributed by atoms with Crippen LogP contribution in [-0.4, -0.2) is 72.0 Å². The van der Waals surface area contributed by atoms with Gasteiger partial charge in [0.2, 0.25) is 0 Å². The van der Waals surface area contributed by atoms with Crippen LogP contribution in [0.2, 0.25) is 15.3 Å². The average molecular weight is 626 g/mol. The fraction of sp³-hybridized carbons (Fsp3) is 0.364. The predicted molar refractivity (Wildman–Crippen MR) is 135 cm³/mol. The zero-order chi connectivity index (χ0) is 28.1. The number of halogens is 6. The molecule has 0 radical (unpaired) electrons. The molecule has 4 heterocycles. The van der Waals surface area contributed by atoms with Gasteiger partial charge in [0.1, 0.15) is 46.3 Å². The van der Waals surface area contributed by atoms with Crippen molar-refractivity contribution in [3.8, 4) is 16.4 Å². The van der Waals surface area contributed by atoms with Gasteiger partial charge in [-0.15, -0.1) is 16.4 Å². The molecule has 5 rings (SSSR count). The van der Waals surface area contributed by atoms with E-state index in [4.69, 9.17) is 44.3 Å². The van der Waals surface area contributed by atoms with Crippen LogP contribution in [0.5, 0.6) is 0 Å². The zero-order valence-electron chi connectivity index (χ0n) is 19.6. The smallest absolute Gasteiger partial charge is 0.394 e. The van der Waals surface area contributed by atoms with E-state index in [0.29, 0.717) is 10.7 Å². The Hall–Kier alpha value is -2.30. The first-order chi connectivity index (χ1) is 18.5. The van der Waals surface area contributed by atoms with Gasteiger partial charge < -0.3 is 19.7 Å².